The first-order valence-corrected chi connectivity index (χ1v) is 11.0. The molecule has 0 aromatic heterocycles. The molecule has 2 saturated heterocycles. The Labute approximate surface area is 135 Å². The quantitative estimate of drug-likeness (QED) is 0.756. The molecule has 0 aromatic carbocycles. The molecule has 2 amide bonds. The Kier molecular flexibility index (Phi) is 5.21. The minimum atomic E-state index is -3.01. The maximum Gasteiger partial charge on any atom is 0.320 e. The van der Waals surface area contributed by atoms with Crippen LogP contribution in [0.15, 0.2) is 0 Å². The molecule has 0 bridgehead atoms. The molecule has 2 heterocycles. The largest absolute Gasteiger partial charge is 0.324 e. The second kappa shape index (κ2) is 6.47. The van der Waals surface area contributed by atoms with E-state index in [1.165, 1.54) is 0 Å². The van der Waals surface area contributed by atoms with Gasteiger partial charge < -0.3 is 9.80 Å². The molecule has 2 unspecified atom stereocenters. The van der Waals surface area contributed by atoms with Crippen LogP contribution in [-0.4, -0.2) is 76.6 Å². The molecule has 0 radical (unpaired) electrons. The first-order valence-electron chi connectivity index (χ1n) is 7.85. The summed E-state index contributed by atoms with van der Waals surface area (Å²) in [5.74, 6) is 0.721. The highest BCUT2D eigenvalue weighted by Crippen LogP contribution is 2.29. The second-order valence-electron chi connectivity index (χ2n) is 6.31. The van der Waals surface area contributed by atoms with E-state index in [1.54, 1.807) is 16.8 Å². The molecule has 2 fully saturated rings. The Bertz CT molecular complexity index is 557. The SMILES string of the molecule is CCC1(CC)CN(C(=O)N(C)C2CCS(=O)(=O)C2)CCS1=O. The van der Waals surface area contributed by atoms with Crippen LogP contribution < -0.4 is 0 Å². The number of nitrogens with zero attached hydrogens (tertiary/aromatic N) is 2. The lowest BCUT2D eigenvalue weighted by atomic mass is 10.0. The van der Waals surface area contributed by atoms with E-state index in [4.69, 9.17) is 0 Å². The Morgan fingerprint density at radius 1 is 1.36 bits per heavy atom. The maximum atomic E-state index is 12.7. The highest BCUT2D eigenvalue weighted by molar-refractivity contribution is 7.91. The summed E-state index contributed by atoms with van der Waals surface area (Å²) in [6, 6.07) is -0.368. The van der Waals surface area contributed by atoms with Gasteiger partial charge in [0, 0.05) is 42.7 Å². The molecule has 2 aliphatic rings. The predicted octanol–water partition coefficient (Wildman–Crippen LogP) is 0.848. The van der Waals surface area contributed by atoms with E-state index in [2.05, 4.69) is 0 Å². The number of hydrogen-bond donors (Lipinski definition) is 0. The molecule has 0 aliphatic carbocycles. The molecule has 2 aliphatic heterocycles. The molecule has 6 nitrogen and oxygen atoms in total. The molecule has 22 heavy (non-hydrogen) atoms. The molecule has 0 aromatic rings. The Hall–Kier alpha value is -0.630. The highest BCUT2D eigenvalue weighted by atomic mass is 32.2. The maximum absolute atomic E-state index is 12.7. The zero-order valence-corrected chi connectivity index (χ0v) is 15.2. The fraction of sp³-hybridized carbons (Fsp3) is 0.929. The summed E-state index contributed by atoms with van der Waals surface area (Å²) in [6.45, 7) is 5.01. The predicted molar refractivity (Wildman–Crippen MR) is 88.1 cm³/mol. The minimum Gasteiger partial charge on any atom is -0.324 e. The number of sulfone groups is 1. The Morgan fingerprint density at radius 2 is 2.00 bits per heavy atom. The lowest BCUT2D eigenvalue weighted by Gasteiger charge is -2.42. The summed E-state index contributed by atoms with van der Waals surface area (Å²) in [7, 11) is -2.24. The van der Waals surface area contributed by atoms with Crippen LogP contribution in [0.3, 0.4) is 0 Å². The summed E-state index contributed by atoms with van der Waals surface area (Å²) in [4.78, 5) is 16.0. The summed E-state index contributed by atoms with van der Waals surface area (Å²) < 4.78 is 35.2. The van der Waals surface area contributed by atoms with Crippen LogP contribution in [0.25, 0.3) is 0 Å². The van der Waals surface area contributed by atoms with E-state index in [-0.39, 0.29) is 28.3 Å². The van der Waals surface area contributed by atoms with Gasteiger partial charge in [0.15, 0.2) is 9.84 Å². The number of amides is 2. The van der Waals surface area contributed by atoms with E-state index >= 15 is 0 Å². The lowest BCUT2D eigenvalue weighted by molar-refractivity contribution is 0.144. The van der Waals surface area contributed by atoms with Gasteiger partial charge in [-0.3, -0.25) is 4.21 Å². The number of urea groups is 1. The van der Waals surface area contributed by atoms with E-state index in [0.29, 0.717) is 25.3 Å². The monoisotopic (exact) mass is 350 g/mol. The van der Waals surface area contributed by atoms with Crippen LogP contribution in [0, 0.1) is 0 Å². The van der Waals surface area contributed by atoms with Crippen LogP contribution in [0.4, 0.5) is 4.79 Å². The molecular weight excluding hydrogens is 324 g/mol. The zero-order valence-electron chi connectivity index (χ0n) is 13.6. The first-order chi connectivity index (χ1) is 10.2. The van der Waals surface area contributed by atoms with Crippen molar-refractivity contribution in [1.82, 2.24) is 9.80 Å². The number of rotatable bonds is 3. The van der Waals surface area contributed by atoms with Gasteiger partial charge in [-0.05, 0) is 19.3 Å². The average molecular weight is 351 g/mol. The van der Waals surface area contributed by atoms with E-state index in [1.807, 2.05) is 13.8 Å². The summed E-state index contributed by atoms with van der Waals surface area (Å²) >= 11 is 0. The fourth-order valence-corrected chi connectivity index (χ4v) is 6.86. The van der Waals surface area contributed by atoms with Crippen molar-refractivity contribution in [2.75, 3.05) is 37.4 Å². The van der Waals surface area contributed by atoms with Crippen LogP contribution in [0.5, 0.6) is 0 Å². The van der Waals surface area contributed by atoms with Gasteiger partial charge >= 0.3 is 6.03 Å². The van der Waals surface area contributed by atoms with Gasteiger partial charge in [-0.25, -0.2) is 13.2 Å². The van der Waals surface area contributed by atoms with Gasteiger partial charge in [-0.2, -0.15) is 0 Å². The molecule has 0 spiro atoms. The van der Waals surface area contributed by atoms with Crippen molar-refractivity contribution in [1.29, 1.82) is 0 Å². The Balaban J connectivity index is 2.08. The molecule has 128 valence electrons. The molecular formula is C14H26N2O4S2. The van der Waals surface area contributed by atoms with Crippen molar-refractivity contribution in [3.8, 4) is 0 Å². The van der Waals surface area contributed by atoms with E-state index < -0.39 is 20.6 Å². The van der Waals surface area contributed by atoms with Crippen LogP contribution in [-0.2, 0) is 20.6 Å². The van der Waals surface area contributed by atoms with Crippen molar-refractivity contribution >= 4 is 26.7 Å². The molecule has 2 rings (SSSR count). The van der Waals surface area contributed by atoms with Crippen molar-refractivity contribution in [2.24, 2.45) is 0 Å². The topological polar surface area (TPSA) is 74.8 Å². The second-order valence-corrected chi connectivity index (χ2v) is 10.5. The van der Waals surface area contributed by atoms with Gasteiger partial charge in [0.25, 0.3) is 0 Å². The number of carbonyl (C=O) groups excluding carboxylic acids is 1. The first kappa shape index (κ1) is 17.7. The summed E-state index contributed by atoms with van der Waals surface area (Å²) in [5.41, 5.74) is 0. The Morgan fingerprint density at radius 3 is 2.50 bits per heavy atom. The van der Waals surface area contributed by atoms with Gasteiger partial charge in [-0.15, -0.1) is 0 Å². The average Bonchev–Trinajstić information content (AvgIpc) is 2.86. The van der Waals surface area contributed by atoms with Crippen molar-refractivity contribution in [3.05, 3.63) is 0 Å². The fourth-order valence-electron chi connectivity index (χ4n) is 3.33. The highest BCUT2D eigenvalue weighted by Gasteiger charge is 2.42. The van der Waals surface area contributed by atoms with Crippen LogP contribution in [0.1, 0.15) is 33.1 Å². The standard InChI is InChI=1S/C14H26N2O4S2/c1-4-14(5-2)11-16(7-8-21(14)18)13(17)15(3)12-6-9-22(19,20)10-12/h12H,4-11H2,1-3H3. The van der Waals surface area contributed by atoms with Gasteiger partial charge in [-0.1, -0.05) is 13.8 Å². The van der Waals surface area contributed by atoms with E-state index in [0.717, 1.165) is 12.8 Å². The third kappa shape index (κ3) is 3.32. The molecule has 2 atom stereocenters. The summed E-state index contributed by atoms with van der Waals surface area (Å²) in [5, 5.41) is 0. The van der Waals surface area contributed by atoms with Crippen LogP contribution in [0.2, 0.25) is 0 Å². The minimum absolute atomic E-state index is 0.0573. The van der Waals surface area contributed by atoms with Crippen LogP contribution >= 0.6 is 0 Å². The molecule has 8 heteroatoms. The van der Waals surface area contributed by atoms with Gasteiger partial charge in [0.2, 0.25) is 0 Å². The van der Waals surface area contributed by atoms with Gasteiger partial charge in [0.05, 0.1) is 16.3 Å². The lowest BCUT2D eigenvalue weighted by Crippen LogP contribution is -2.58. The molecule has 0 saturated carbocycles. The van der Waals surface area contributed by atoms with Crippen molar-refractivity contribution < 1.29 is 17.4 Å². The third-order valence-corrected chi connectivity index (χ3v) is 9.10. The van der Waals surface area contributed by atoms with Crippen molar-refractivity contribution in [2.45, 2.75) is 43.9 Å². The smallest absolute Gasteiger partial charge is 0.320 e. The van der Waals surface area contributed by atoms with Crippen molar-refractivity contribution in [3.63, 3.8) is 0 Å². The zero-order chi connectivity index (χ0) is 16.5. The molecule has 0 N–H and O–H groups in total. The summed E-state index contributed by atoms with van der Waals surface area (Å²) in [6.07, 6.45) is 2.07. The normalized spacial score (nSPS) is 30.2. The number of carbonyl (C=O) groups is 1. The number of hydrogen-bond acceptors (Lipinski definition) is 4. The van der Waals surface area contributed by atoms with E-state index in [9.17, 15) is 17.4 Å². The van der Waals surface area contributed by atoms with Gasteiger partial charge in [0.1, 0.15) is 0 Å². The third-order valence-electron chi connectivity index (χ3n) is 5.13.